The van der Waals surface area contributed by atoms with E-state index in [1.165, 1.54) is 12.1 Å². The van der Waals surface area contributed by atoms with E-state index in [4.69, 9.17) is 0 Å². The number of halogens is 1. The number of rotatable bonds is 6. The average molecular weight is 308 g/mol. The van der Waals surface area contributed by atoms with E-state index < -0.39 is 6.10 Å². The molecule has 2 atom stereocenters. The van der Waals surface area contributed by atoms with Gasteiger partial charge in [-0.3, -0.25) is 4.79 Å². The van der Waals surface area contributed by atoms with Crippen molar-refractivity contribution in [3.05, 3.63) is 35.6 Å². The summed E-state index contributed by atoms with van der Waals surface area (Å²) in [6.07, 6.45) is 0.0535. The molecule has 1 heterocycles. The Morgan fingerprint density at radius 1 is 1.36 bits per heavy atom. The maximum atomic E-state index is 13.0. The zero-order valence-electron chi connectivity index (χ0n) is 13.3. The molecule has 4 nitrogen and oxygen atoms in total. The van der Waals surface area contributed by atoms with Crippen LogP contribution in [0, 0.1) is 17.7 Å². The quantitative estimate of drug-likeness (QED) is 0.844. The highest BCUT2D eigenvalue weighted by Gasteiger charge is 2.28. The number of hydrogen-bond donors (Lipinski definition) is 2. The second-order valence-electron chi connectivity index (χ2n) is 6.39. The van der Waals surface area contributed by atoms with Gasteiger partial charge >= 0.3 is 0 Å². The molecule has 1 fully saturated rings. The highest BCUT2D eigenvalue weighted by molar-refractivity contribution is 5.79. The third-order valence-corrected chi connectivity index (χ3v) is 3.95. The van der Waals surface area contributed by atoms with Crippen molar-refractivity contribution in [2.24, 2.45) is 11.8 Å². The van der Waals surface area contributed by atoms with Crippen LogP contribution >= 0.6 is 0 Å². The summed E-state index contributed by atoms with van der Waals surface area (Å²) in [6, 6.07) is 5.78. The first-order chi connectivity index (χ1) is 10.5. The molecular weight excluding hydrogens is 283 g/mol. The van der Waals surface area contributed by atoms with Crippen molar-refractivity contribution in [1.82, 2.24) is 10.2 Å². The van der Waals surface area contributed by atoms with Crippen molar-refractivity contribution in [2.75, 3.05) is 26.2 Å². The van der Waals surface area contributed by atoms with Crippen LogP contribution in [0.15, 0.2) is 24.3 Å². The van der Waals surface area contributed by atoms with Crippen molar-refractivity contribution in [3.63, 3.8) is 0 Å². The van der Waals surface area contributed by atoms with Crippen LogP contribution in [0.3, 0.4) is 0 Å². The van der Waals surface area contributed by atoms with Gasteiger partial charge in [-0.25, -0.2) is 4.39 Å². The Labute approximate surface area is 131 Å². The van der Waals surface area contributed by atoms with Crippen LogP contribution < -0.4 is 5.32 Å². The largest absolute Gasteiger partial charge is 0.387 e. The van der Waals surface area contributed by atoms with E-state index in [0.717, 1.165) is 13.0 Å². The second kappa shape index (κ2) is 7.70. The van der Waals surface area contributed by atoms with Gasteiger partial charge in [-0.2, -0.15) is 0 Å². The molecule has 1 aliphatic heterocycles. The summed E-state index contributed by atoms with van der Waals surface area (Å²) >= 11 is 0. The predicted octanol–water partition coefficient (Wildman–Crippen LogP) is 1.95. The van der Waals surface area contributed by atoms with E-state index in [0.29, 0.717) is 24.6 Å². The average Bonchev–Trinajstić information content (AvgIpc) is 3.00. The Hall–Kier alpha value is -1.46. The lowest BCUT2D eigenvalue weighted by molar-refractivity contribution is -0.137. The predicted molar refractivity (Wildman–Crippen MR) is 83.8 cm³/mol. The molecular formula is C17H25FN2O2. The summed E-state index contributed by atoms with van der Waals surface area (Å²) in [5.74, 6) is 0.0980. The Balaban J connectivity index is 2.04. The lowest BCUT2D eigenvalue weighted by atomic mass is 10.0. The minimum Gasteiger partial charge on any atom is -0.387 e. The zero-order valence-corrected chi connectivity index (χ0v) is 13.3. The van der Waals surface area contributed by atoms with Gasteiger partial charge in [0.25, 0.3) is 0 Å². The maximum absolute atomic E-state index is 13.0. The number of carbonyl (C=O) groups is 1. The number of amides is 1. The molecule has 1 saturated heterocycles. The van der Waals surface area contributed by atoms with Crippen molar-refractivity contribution in [3.8, 4) is 0 Å². The number of carbonyl (C=O) groups excluding carboxylic acids is 1. The number of aliphatic hydroxyl groups excluding tert-OH is 1. The van der Waals surface area contributed by atoms with Crippen LogP contribution in [-0.2, 0) is 4.79 Å². The van der Waals surface area contributed by atoms with Gasteiger partial charge in [0.15, 0.2) is 0 Å². The summed E-state index contributed by atoms with van der Waals surface area (Å²) < 4.78 is 13.0. The molecule has 2 rings (SSSR count). The minimum atomic E-state index is -0.794. The minimum absolute atomic E-state index is 0.000771. The lowest BCUT2D eigenvalue weighted by Crippen LogP contribution is -2.41. The number of nitrogens with zero attached hydrogens (tertiary/aromatic N) is 1. The smallest absolute Gasteiger partial charge is 0.227 e. The number of hydrogen-bond acceptors (Lipinski definition) is 3. The van der Waals surface area contributed by atoms with E-state index in [9.17, 15) is 14.3 Å². The van der Waals surface area contributed by atoms with Crippen molar-refractivity contribution >= 4 is 5.91 Å². The normalized spacial score (nSPS) is 19.4. The highest BCUT2D eigenvalue weighted by Crippen LogP contribution is 2.19. The fourth-order valence-electron chi connectivity index (χ4n) is 2.82. The Bertz CT molecular complexity index is 484. The van der Waals surface area contributed by atoms with Gasteiger partial charge in [0.1, 0.15) is 5.82 Å². The van der Waals surface area contributed by atoms with Crippen molar-refractivity contribution < 1.29 is 14.3 Å². The van der Waals surface area contributed by atoms with Gasteiger partial charge in [-0.15, -0.1) is 0 Å². The molecule has 22 heavy (non-hydrogen) atoms. The molecule has 0 radical (unpaired) electrons. The standard InChI is InChI=1S/C17H25FN2O2/c1-12(2)10-20(17(22)14-7-8-19-9-14)11-16(21)13-3-5-15(18)6-4-13/h3-6,12,14,16,19,21H,7-11H2,1-2H3. The molecule has 1 aliphatic rings. The topological polar surface area (TPSA) is 52.6 Å². The van der Waals surface area contributed by atoms with E-state index >= 15 is 0 Å². The summed E-state index contributed by atoms with van der Waals surface area (Å²) in [4.78, 5) is 14.4. The molecule has 5 heteroatoms. The van der Waals surface area contributed by atoms with Gasteiger partial charge < -0.3 is 15.3 Å². The van der Waals surface area contributed by atoms with E-state index in [1.54, 1.807) is 17.0 Å². The summed E-state index contributed by atoms with van der Waals surface area (Å²) in [5.41, 5.74) is 0.632. The molecule has 0 aliphatic carbocycles. The lowest BCUT2D eigenvalue weighted by Gasteiger charge is -2.29. The monoisotopic (exact) mass is 308 g/mol. The van der Waals surface area contributed by atoms with Gasteiger partial charge in [-0.05, 0) is 36.6 Å². The van der Waals surface area contributed by atoms with Crippen LogP contribution in [0.25, 0.3) is 0 Å². The van der Waals surface area contributed by atoms with Crippen LogP contribution in [0.2, 0.25) is 0 Å². The first-order valence-corrected chi connectivity index (χ1v) is 7.90. The molecule has 0 aromatic heterocycles. The molecule has 0 spiro atoms. The zero-order chi connectivity index (χ0) is 16.1. The molecule has 1 aromatic rings. The fourth-order valence-corrected chi connectivity index (χ4v) is 2.82. The maximum Gasteiger partial charge on any atom is 0.227 e. The number of nitrogens with one attached hydrogen (secondary N) is 1. The van der Waals surface area contributed by atoms with Crippen LogP contribution in [-0.4, -0.2) is 42.1 Å². The summed E-state index contributed by atoms with van der Waals surface area (Å²) in [5, 5.41) is 13.6. The Kier molecular flexibility index (Phi) is 5.91. The fraction of sp³-hybridized carbons (Fsp3) is 0.588. The number of aliphatic hydroxyl groups is 1. The molecule has 1 amide bonds. The van der Waals surface area contributed by atoms with Crippen LogP contribution in [0.1, 0.15) is 31.9 Å². The van der Waals surface area contributed by atoms with Gasteiger partial charge in [-0.1, -0.05) is 26.0 Å². The van der Waals surface area contributed by atoms with E-state index in [2.05, 4.69) is 19.2 Å². The summed E-state index contributed by atoms with van der Waals surface area (Å²) in [7, 11) is 0. The SMILES string of the molecule is CC(C)CN(CC(O)c1ccc(F)cc1)C(=O)C1CCNC1. The molecule has 122 valence electrons. The van der Waals surface area contributed by atoms with Gasteiger partial charge in [0.05, 0.1) is 18.6 Å². The van der Waals surface area contributed by atoms with Gasteiger partial charge in [0.2, 0.25) is 5.91 Å². The van der Waals surface area contributed by atoms with Crippen molar-refractivity contribution in [2.45, 2.75) is 26.4 Å². The molecule has 2 unspecified atom stereocenters. The molecule has 1 aromatic carbocycles. The molecule has 2 N–H and O–H groups in total. The van der Waals surface area contributed by atoms with Crippen LogP contribution in [0.5, 0.6) is 0 Å². The second-order valence-corrected chi connectivity index (χ2v) is 6.39. The summed E-state index contributed by atoms with van der Waals surface area (Å²) in [6.45, 7) is 6.55. The van der Waals surface area contributed by atoms with E-state index in [1.807, 2.05) is 0 Å². The molecule has 0 saturated carbocycles. The van der Waals surface area contributed by atoms with E-state index in [-0.39, 0.29) is 24.2 Å². The molecule has 0 bridgehead atoms. The third-order valence-electron chi connectivity index (χ3n) is 3.95. The van der Waals surface area contributed by atoms with Crippen molar-refractivity contribution in [1.29, 1.82) is 0 Å². The number of benzene rings is 1. The Morgan fingerprint density at radius 2 is 2.05 bits per heavy atom. The highest BCUT2D eigenvalue weighted by atomic mass is 19.1. The first kappa shape index (κ1) is 16.9. The van der Waals surface area contributed by atoms with Gasteiger partial charge in [0, 0.05) is 13.1 Å². The third kappa shape index (κ3) is 4.52. The Morgan fingerprint density at radius 3 is 2.59 bits per heavy atom. The van der Waals surface area contributed by atoms with Crippen LogP contribution in [0.4, 0.5) is 4.39 Å². The first-order valence-electron chi connectivity index (χ1n) is 7.90.